The largest absolute Gasteiger partial charge is 0.367 e. The first kappa shape index (κ1) is 23.9. The fraction of sp³-hybridized carbons (Fsp3) is 0.455. The number of amides is 1. The minimum atomic E-state index is -0.261. The van der Waals surface area contributed by atoms with Gasteiger partial charge in [0.1, 0.15) is 11.9 Å². The SMILES string of the molecule is CN=C(NCC(=O)N1CCc2sccc2C1)N1CC(C)OC(c2ccc(F)cc2)C1.I. The third-order valence-electron chi connectivity index (χ3n) is 5.57. The Morgan fingerprint density at radius 2 is 2.03 bits per heavy atom. The number of ether oxygens (including phenoxy) is 1. The number of carbonyl (C=O) groups is 1. The first-order chi connectivity index (χ1) is 14.5. The molecule has 1 aromatic heterocycles. The van der Waals surface area contributed by atoms with Gasteiger partial charge in [-0.3, -0.25) is 9.79 Å². The van der Waals surface area contributed by atoms with Gasteiger partial charge in [0, 0.05) is 31.6 Å². The number of nitrogens with zero attached hydrogens (tertiary/aromatic N) is 3. The Morgan fingerprint density at radius 1 is 1.26 bits per heavy atom. The van der Waals surface area contributed by atoms with Gasteiger partial charge in [0.05, 0.1) is 19.2 Å². The topological polar surface area (TPSA) is 57.2 Å². The van der Waals surface area contributed by atoms with E-state index in [0.717, 1.165) is 18.5 Å². The van der Waals surface area contributed by atoms with Gasteiger partial charge in [-0.15, -0.1) is 35.3 Å². The maximum absolute atomic E-state index is 13.3. The average Bonchev–Trinajstić information content (AvgIpc) is 3.22. The maximum Gasteiger partial charge on any atom is 0.242 e. The highest BCUT2D eigenvalue weighted by atomic mass is 127. The lowest BCUT2D eigenvalue weighted by atomic mass is 10.1. The lowest BCUT2D eigenvalue weighted by molar-refractivity contribution is -0.130. The summed E-state index contributed by atoms with van der Waals surface area (Å²) in [7, 11) is 1.72. The molecule has 2 aliphatic heterocycles. The van der Waals surface area contributed by atoms with Gasteiger partial charge >= 0.3 is 0 Å². The van der Waals surface area contributed by atoms with Crippen LogP contribution in [0.25, 0.3) is 0 Å². The molecular weight excluding hydrogens is 530 g/mol. The van der Waals surface area contributed by atoms with Crippen LogP contribution in [0.2, 0.25) is 0 Å². The zero-order valence-electron chi connectivity index (χ0n) is 17.7. The number of carbonyl (C=O) groups excluding carboxylic acids is 1. The van der Waals surface area contributed by atoms with Crippen LogP contribution >= 0.6 is 35.3 Å². The second-order valence-electron chi connectivity index (χ2n) is 7.73. The van der Waals surface area contributed by atoms with Gasteiger partial charge < -0.3 is 19.9 Å². The molecule has 1 saturated heterocycles. The Labute approximate surface area is 203 Å². The van der Waals surface area contributed by atoms with Crippen LogP contribution in [-0.2, 0) is 22.5 Å². The Morgan fingerprint density at radius 3 is 2.77 bits per heavy atom. The van der Waals surface area contributed by atoms with Gasteiger partial charge in [-0.25, -0.2) is 4.39 Å². The Hall–Kier alpha value is -1.72. The minimum absolute atomic E-state index is 0. The molecule has 0 aliphatic carbocycles. The van der Waals surface area contributed by atoms with E-state index in [-0.39, 0.29) is 54.5 Å². The first-order valence-electron chi connectivity index (χ1n) is 10.2. The van der Waals surface area contributed by atoms with Crippen molar-refractivity contribution in [1.82, 2.24) is 15.1 Å². The van der Waals surface area contributed by atoms with E-state index in [1.165, 1.54) is 22.6 Å². The van der Waals surface area contributed by atoms with Crippen molar-refractivity contribution < 1.29 is 13.9 Å². The molecule has 1 N–H and O–H groups in total. The monoisotopic (exact) mass is 558 g/mol. The van der Waals surface area contributed by atoms with Crippen LogP contribution in [0, 0.1) is 5.82 Å². The number of thiophene rings is 1. The Bertz CT molecular complexity index is 920. The lowest BCUT2D eigenvalue weighted by Gasteiger charge is -2.39. The van der Waals surface area contributed by atoms with Gasteiger partial charge in [0.15, 0.2) is 5.96 Å². The molecule has 6 nitrogen and oxygen atoms in total. The van der Waals surface area contributed by atoms with E-state index >= 15 is 0 Å². The van der Waals surface area contributed by atoms with Crippen molar-refractivity contribution in [3.63, 3.8) is 0 Å². The summed E-state index contributed by atoms with van der Waals surface area (Å²) in [4.78, 5) is 22.5. The number of hydrogen-bond donors (Lipinski definition) is 1. The van der Waals surface area contributed by atoms with Crippen molar-refractivity contribution in [3.05, 3.63) is 57.5 Å². The highest BCUT2D eigenvalue weighted by molar-refractivity contribution is 14.0. The summed E-state index contributed by atoms with van der Waals surface area (Å²) in [5.41, 5.74) is 2.19. The van der Waals surface area contributed by atoms with E-state index in [1.54, 1.807) is 30.5 Å². The number of nitrogens with one attached hydrogen (secondary N) is 1. The van der Waals surface area contributed by atoms with E-state index in [0.29, 0.717) is 25.6 Å². The molecule has 0 bridgehead atoms. The lowest BCUT2D eigenvalue weighted by Crippen LogP contribution is -2.52. The van der Waals surface area contributed by atoms with Crippen molar-refractivity contribution in [2.24, 2.45) is 4.99 Å². The molecule has 0 spiro atoms. The number of halogens is 2. The highest BCUT2D eigenvalue weighted by Gasteiger charge is 2.29. The summed E-state index contributed by atoms with van der Waals surface area (Å²) >= 11 is 1.77. The summed E-state index contributed by atoms with van der Waals surface area (Å²) in [6.07, 6.45) is 0.734. The van der Waals surface area contributed by atoms with Crippen molar-refractivity contribution in [2.45, 2.75) is 32.1 Å². The van der Waals surface area contributed by atoms with Crippen LogP contribution < -0.4 is 5.32 Å². The van der Waals surface area contributed by atoms with E-state index < -0.39 is 0 Å². The van der Waals surface area contributed by atoms with E-state index in [1.807, 2.05) is 11.8 Å². The predicted octanol–water partition coefficient (Wildman–Crippen LogP) is 3.43. The van der Waals surface area contributed by atoms with Crippen LogP contribution in [0.1, 0.15) is 29.0 Å². The quantitative estimate of drug-likeness (QED) is 0.357. The number of fused-ring (bicyclic) bond motifs is 1. The van der Waals surface area contributed by atoms with Gasteiger partial charge in [0.25, 0.3) is 0 Å². The normalized spacial score (nSPS) is 21.3. The fourth-order valence-corrected chi connectivity index (χ4v) is 4.94. The van der Waals surface area contributed by atoms with Crippen LogP contribution in [0.15, 0.2) is 40.7 Å². The second-order valence-corrected chi connectivity index (χ2v) is 8.73. The van der Waals surface area contributed by atoms with Gasteiger partial charge in [-0.2, -0.15) is 0 Å². The van der Waals surface area contributed by atoms with Gasteiger partial charge in [0.2, 0.25) is 5.91 Å². The summed E-state index contributed by atoms with van der Waals surface area (Å²) in [5, 5.41) is 5.32. The molecule has 31 heavy (non-hydrogen) atoms. The Kier molecular flexibility index (Phi) is 8.29. The van der Waals surface area contributed by atoms with Crippen LogP contribution in [0.4, 0.5) is 4.39 Å². The average molecular weight is 558 g/mol. The second kappa shape index (κ2) is 10.7. The van der Waals surface area contributed by atoms with Gasteiger partial charge in [-0.1, -0.05) is 12.1 Å². The summed E-state index contributed by atoms with van der Waals surface area (Å²) in [5.74, 6) is 0.492. The molecule has 1 fully saturated rings. The summed E-state index contributed by atoms with van der Waals surface area (Å²) in [6, 6.07) is 8.52. The zero-order chi connectivity index (χ0) is 21.1. The van der Waals surface area contributed by atoms with Crippen LogP contribution in [0.5, 0.6) is 0 Å². The molecule has 168 valence electrons. The van der Waals surface area contributed by atoms with Crippen molar-refractivity contribution in [3.8, 4) is 0 Å². The molecule has 2 aromatic rings. The third kappa shape index (κ3) is 5.75. The number of rotatable bonds is 3. The molecule has 4 rings (SSSR count). The maximum atomic E-state index is 13.3. The highest BCUT2D eigenvalue weighted by Crippen LogP contribution is 2.26. The standard InChI is InChI=1S/C22H27FN4O2S.HI/c1-15-12-27(14-19(29-15)16-3-5-18(23)6-4-16)22(24-2)25-11-21(28)26-9-7-20-17(13-26)8-10-30-20;/h3-6,8,10,15,19H,7,9,11-14H2,1-2H3,(H,24,25);1H. The molecule has 2 unspecified atom stereocenters. The first-order valence-corrected chi connectivity index (χ1v) is 11.1. The fourth-order valence-electron chi connectivity index (χ4n) is 4.05. The molecule has 3 heterocycles. The van der Waals surface area contributed by atoms with E-state index in [2.05, 4.69) is 26.7 Å². The van der Waals surface area contributed by atoms with Crippen molar-refractivity contribution in [1.29, 1.82) is 0 Å². The number of aliphatic imine (C=N–C) groups is 1. The van der Waals surface area contributed by atoms with Crippen LogP contribution in [-0.4, -0.2) is 61.0 Å². The smallest absolute Gasteiger partial charge is 0.242 e. The molecule has 9 heteroatoms. The van der Waals surface area contributed by atoms with Gasteiger partial charge in [-0.05, 0) is 48.1 Å². The number of morpholine rings is 1. The molecule has 2 atom stereocenters. The number of hydrogen-bond acceptors (Lipinski definition) is 4. The molecular formula is C22H28FIN4O2S. The minimum Gasteiger partial charge on any atom is -0.367 e. The zero-order valence-corrected chi connectivity index (χ0v) is 20.9. The molecule has 0 saturated carbocycles. The molecule has 1 amide bonds. The predicted molar refractivity (Wildman–Crippen MR) is 131 cm³/mol. The molecule has 1 aromatic carbocycles. The molecule has 0 radical (unpaired) electrons. The van der Waals surface area contributed by atoms with Crippen LogP contribution in [0.3, 0.4) is 0 Å². The molecule has 2 aliphatic rings. The van der Waals surface area contributed by atoms with E-state index in [9.17, 15) is 9.18 Å². The van der Waals surface area contributed by atoms with Crippen molar-refractivity contribution in [2.75, 3.05) is 33.2 Å². The van der Waals surface area contributed by atoms with Crippen molar-refractivity contribution >= 4 is 47.2 Å². The third-order valence-corrected chi connectivity index (χ3v) is 6.59. The van der Waals surface area contributed by atoms with E-state index in [4.69, 9.17) is 4.74 Å². The summed E-state index contributed by atoms with van der Waals surface area (Å²) < 4.78 is 19.3. The Balaban J connectivity index is 0.00000272. The number of guanidine groups is 1. The summed E-state index contributed by atoms with van der Waals surface area (Å²) in [6.45, 7) is 4.92. The number of benzene rings is 1.